The molecular formula is C22H20O6. The predicted molar refractivity (Wildman–Crippen MR) is 103 cm³/mol. The van der Waals surface area contributed by atoms with Gasteiger partial charge in [-0.15, -0.1) is 0 Å². The minimum absolute atomic E-state index is 0.369. The molecular weight excluding hydrogens is 360 g/mol. The van der Waals surface area contributed by atoms with E-state index in [1.165, 1.54) is 13.2 Å². The number of esters is 1. The fourth-order valence-electron chi connectivity index (χ4n) is 3.55. The molecule has 2 atom stereocenters. The number of rotatable bonds is 3. The molecule has 0 bridgehead atoms. The molecule has 144 valence electrons. The monoisotopic (exact) mass is 380 g/mol. The Labute approximate surface area is 161 Å². The summed E-state index contributed by atoms with van der Waals surface area (Å²) in [4.78, 5) is 24.5. The van der Waals surface area contributed by atoms with E-state index >= 15 is 0 Å². The Morgan fingerprint density at radius 3 is 2.46 bits per heavy atom. The highest BCUT2D eigenvalue weighted by Crippen LogP contribution is 2.46. The highest BCUT2D eigenvalue weighted by Gasteiger charge is 2.48. The molecule has 0 aliphatic carbocycles. The van der Waals surface area contributed by atoms with E-state index in [0.717, 1.165) is 5.39 Å². The first-order valence-electron chi connectivity index (χ1n) is 8.95. The Morgan fingerprint density at radius 1 is 1.04 bits per heavy atom. The summed E-state index contributed by atoms with van der Waals surface area (Å²) in [6.07, 6.45) is -1.42. The van der Waals surface area contributed by atoms with Crippen LogP contribution in [0.25, 0.3) is 11.0 Å². The molecule has 0 saturated heterocycles. The van der Waals surface area contributed by atoms with Gasteiger partial charge >= 0.3 is 11.6 Å². The third-order valence-electron chi connectivity index (χ3n) is 4.90. The Bertz CT molecular complexity index is 1080. The Morgan fingerprint density at radius 2 is 1.75 bits per heavy atom. The fraction of sp³-hybridized carbons (Fsp3) is 0.273. The third-order valence-corrected chi connectivity index (χ3v) is 4.90. The third kappa shape index (κ3) is 3.05. The molecule has 1 aliphatic rings. The summed E-state index contributed by atoms with van der Waals surface area (Å²) >= 11 is 0. The number of fused-ring (bicyclic) bond motifs is 3. The summed E-state index contributed by atoms with van der Waals surface area (Å²) in [5, 5.41) is 0.733. The first kappa shape index (κ1) is 18.3. The topological polar surface area (TPSA) is 75.0 Å². The van der Waals surface area contributed by atoms with Gasteiger partial charge in [-0.3, -0.25) is 0 Å². The van der Waals surface area contributed by atoms with Gasteiger partial charge in [0, 0.05) is 18.6 Å². The summed E-state index contributed by atoms with van der Waals surface area (Å²) in [7, 11) is 1.53. The molecule has 1 aliphatic heterocycles. The predicted octanol–water partition coefficient (Wildman–Crippen LogP) is 3.88. The maximum atomic E-state index is 12.7. The van der Waals surface area contributed by atoms with Crippen molar-refractivity contribution in [2.45, 2.75) is 31.7 Å². The minimum atomic E-state index is -0.860. The lowest BCUT2D eigenvalue weighted by molar-refractivity contribution is -0.129. The van der Waals surface area contributed by atoms with E-state index in [0.29, 0.717) is 22.5 Å². The van der Waals surface area contributed by atoms with E-state index in [1.807, 2.05) is 26.0 Å². The standard InChI is InChI=1S/C22H20O6/c1-22(2)20(27-21(24)14-7-5-4-6-8-14)19(25-3)17-15(28-22)11-9-13-10-12-16(23)26-18(13)17/h4-12,19-20H,1-3H3/t19-,20+/m1/s1. The van der Waals surface area contributed by atoms with Crippen LogP contribution in [-0.4, -0.2) is 24.8 Å². The summed E-state index contributed by atoms with van der Waals surface area (Å²) in [5.41, 5.74) is 0.0266. The van der Waals surface area contributed by atoms with Gasteiger partial charge < -0.3 is 18.6 Å². The van der Waals surface area contributed by atoms with Crippen LogP contribution < -0.4 is 10.4 Å². The quantitative estimate of drug-likeness (QED) is 0.507. The molecule has 2 aromatic carbocycles. The van der Waals surface area contributed by atoms with Crippen LogP contribution in [0.3, 0.4) is 0 Å². The van der Waals surface area contributed by atoms with Crippen LogP contribution in [-0.2, 0) is 9.47 Å². The lowest BCUT2D eigenvalue weighted by Gasteiger charge is -2.43. The number of hydrogen-bond donors (Lipinski definition) is 0. The molecule has 1 aromatic heterocycles. The number of carbonyl (C=O) groups is 1. The number of ether oxygens (including phenoxy) is 3. The summed E-state index contributed by atoms with van der Waals surface area (Å²) < 4.78 is 23.1. The molecule has 0 amide bonds. The van der Waals surface area contributed by atoms with E-state index in [9.17, 15) is 9.59 Å². The van der Waals surface area contributed by atoms with Gasteiger partial charge in [0.25, 0.3) is 0 Å². The molecule has 6 heteroatoms. The molecule has 6 nitrogen and oxygen atoms in total. The van der Waals surface area contributed by atoms with Crippen LogP contribution >= 0.6 is 0 Å². The molecule has 0 spiro atoms. The van der Waals surface area contributed by atoms with Crippen LogP contribution in [0.2, 0.25) is 0 Å². The second-order valence-electron chi connectivity index (χ2n) is 7.20. The van der Waals surface area contributed by atoms with Crippen molar-refractivity contribution in [2.75, 3.05) is 7.11 Å². The van der Waals surface area contributed by atoms with Crippen molar-refractivity contribution in [2.24, 2.45) is 0 Å². The SMILES string of the molecule is CO[C@@H]1c2c(ccc3ccc(=O)oc23)OC(C)(C)[C@H]1OC(=O)c1ccccc1. The maximum Gasteiger partial charge on any atom is 0.338 e. The molecule has 0 unspecified atom stereocenters. The normalized spacial score (nSPS) is 20.2. The number of hydrogen-bond acceptors (Lipinski definition) is 6. The van der Waals surface area contributed by atoms with Crippen LogP contribution in [0.1, 0.15) is 35.9 Å². The van der Waals surface area contributed by atoms with Gasteiger partial charge in [-0.25, -0.2) is 9.59 Å². The van der Waals surface area contributed by atoms with Crippen molar-refractivity contribution in [1.82, 2.24) is 0 Å². The molecule has 28 heavy (non-hydrogen) atoms. The lowest BCUT2D eigenvalue weighted by atomic mass is 9.87. The highest BCUT2D eigenvalue weighted by molar-refractivity contribution is 5.89. The Balaban J connectivity index is 1.81. The second kappa shape index (κ2) is 6.80. The van der Waals surface area contributed by atoms with E-state index in [2.05, 4.69) is 0 Å². The molecule has 0 N–H and O–H groups in total. The van der Waals surface area contributed by atoms with Crippen molar-refractivity contribution in [3.63, 3.8) is 0 Å². The van der Waals surface area contributed by atoms with Gasteiger partial charge in [0.05, 0.1) is 11.1 Å². The van der Waals surface area contributed by atoms with Gasteiger partial charge in [-0.05, 0) is 44.2 Å². The lowest BCUT2D eigenvalue weighted by Crippen LogP contribution is -2.51. The van der Waals surface area contributed by atoms with E-state index in [4.69, 9.17) is 18.6 Å². The zero-order valence-electron chi connectivity index (χ0n) is 15.8. The first-order valence-corrected chi connectivity index (χ1v) is 8.95. The number of benzene rings is 2. The van der Waals surface area contributed by atoms with Crippen LogP contribution in [0, 0.1) is 0 Å². The van der Waals surface area contributed by atoms with Gasteiger partial charge in [-0.2, -0.15) is 0 Å². The summed E-state index contributed by atoms with van der Waals surface area (Å²) in [6, 6.07) is 15.4. The average molecular weight is 380 g/mol. The molecule has 0 radical (unpaired) electrons. The van der Waals surface area contributed by atoms with Crippen molar-refractivity contribution in [1.29, 1.82) is 0 Å². The van der Waals surface area contributed by atoms with Crippen molar-refractivity contribution >= 4 is 16.9 Å². The van der Waals surface area contributed by atoms with Crippen LogP contribution in [0.15, 0.2) is 63.8 Å². The molecule has 4 rings (SSSR count). The van der Waals surface area contributed by atoms with Crippen LogP contribution in [0.4, 0.5) is 0 Å². The van der Waals surface area contributed by atoms with Gasteiger partial charge in [0.2, 0.25) is 0 Å². The smallest absolute Gasteiger partial charge is 0.338 e. The van der Waals surface area contributed by atoms with Crippen molar-refractivity contribution in [3.05, 3.63) is 76.1 Å². The van der Waals surface area contributed by atoms with E-state index < -0.39 is 29.4 Å². The second-order valence-corrected chi connectivity index (χ2v) is 7.20. The highest BCUT2D eigenvalue weighted by atomic mass is 16.6. The van der Waals surface area contributed by atoms with Crippen LogP contribution in [0.5, 0.6) is 5.75 Å². The van der Waals surface area contributed by atoms with Crippen molar-refractivity contribution in [3.8, 4) is 5.75 Å². The first-order chi connectivity index (χ1) is 13.4. The van der Waals surface area contributed by atoms with E-state index in [1.54, 1.807) is 36.4 Å². The fourth-order valence-corrected chi connectivity index (χ4v) is 3.55. The zero-order chi connectivity index (χ0) is 19.9. The Hall–Kier alpha value is -3.12. The van der Waals surface area contributed by atoms with E-state index in [-0.39, 0.29) is 0 Å². The number of carbonyl (C=O) groups excluding carboxylic acids is 1. The minimum Gasteiger partial charge on any atom is -0.483 e. The zero-order valence-corrected chi connectivity index (χ0v) is 15.8. The Kier molecular flexibility index (Phi) is 4.43. The van der Waals surface area contributed by atoms with Crippen molar-refractivity contribution < 1.29 is 23.4 Å². The molecule has 2 heterocycles. The average Bonchev–Trinajstić information content (AvgIpc) is 2.68. The van der Waals surface area contributed by atoms with Gasteiger partial charge in [0.1, 0.15) is 23.0 Å². The maximum absolute atomic E-state index is 12.7. The number of methoxy groups -OCH3 is 1. The largest absolute Gasteiger partial charge is 0.483 e. The molecule has 0 fully saturated rings. The van der Waals surface area contributed by atoms with Gasteiger partial charge in [-0.1, -0.05) is 18.2 Å². The van der Waals surface area contributed by atoms with Gasteiger partial charge in [0.15, 0.2) is 6.10 Å². The molecule has 3 aromatic rings. The molecule has 0 saturated carbocycles. The summed E-state index contributed by atoms with van der Waals surface area (Å²) in [6.45, 7) is 3.66. The summed E-state index contributed by atoms with van der Waals surface area (Å²) in [5.74, 6) is 0.0557.